The molecule has 6 nitrogen and oxygen atoms in total. The van der Waals surface area contributed by atoms with Crippen molar-refractivity contribution in [3.8, 4) is 10.6 Å². The molecule has 1 aliphatic rings. The standard InChI is InChI=1S/C22H23N5OS2/c1-27(14-6-3-2-4-7-14)19-11-15-16(24-21(28)12-23-15)10-17(19)25-22-26-18(13-30-22)20-8-5-9-29-20/h5,8-14H,2-4,6-7H2,1H3,(H,24,28)(H,25,26). The summed E-state index contributed by atoms with van der Waals surface area (Å²) in [5.41, 5.74) is 4.32. The molecule has 0 saturated heterocycles. The van der Waals surface area contributed by atoms with Crippen LogP contribution >= 0.6 is 22.7 Å². The third kappa shape index (κ3) is 3.85. The van der Waals surface area contributed by atoms with Crippen LogP contribution in [0.2, 0.25) is 0 Å². The molecule has 0 radical (unpaired) electrons. The van der Waals surface area contributed by atoms with E-state index in [1.165, 1.54) is 38.3 Å². The van der Waals surface area contributed by atoms with Crippen LogP contribution in [-0.4, -0.2) is 28.0 Å². The molecule has 4 aromatic rings. The Morgan fingerprint density at radius 3 is 2.87 bits per heavy atom. The van der Waals surface area contributed by atoms with Gasteiger partial charge in [0.1, 0.15) is 0 Å². The minimum absolute atomic E-state index is 0.198. The summed E-state index contributed by atoms with van der Waals surface area (Å²) in [5.74, 6) is 0. The third-order valence-corrected chi connectivity index (χ3v) is 7.36. The molecule has 5 rings (SSSR count). The van der Waals surface area contributed by atoms with Crippen LogP contribution in [0.3, 0.4) is 0 Å². The lowest BCUT2D eigenvalue weighted by Gasteiger charge is -2.34. The van der Waals surface area contributed by atoms with Gasteiger partial charge in [-0.2, -0.15) is 0 Å². The lowest BCUT2D eigenvalue weighted by Crippen LogP contribution is -2.33. The number of fused-ring (bicyclic) bond motifs is 1. The Labute approximate surface area is 182 Å². The summed E-state index contributed by atoms with van der Waals surface area (Å²) in [6, 6.07) is 8.67. The predicted octanol–water partition coefficient (Wildman–Crippen LogP) is 5.62. The highest BCUT2D eigenvalue weighted by Crippen LogP contribution is 2.37. The zero-order chi connectivity index (χ0) is 20.5. The van der Waals surface area contributed by atoms with E-state index in [-0.39, 0.29) is 5.56 Å². The molecule has 1 fully saturated rings. The van der Waals surface area contributed by atoms with E-state index in [9.17, 15) is 4.79 Å². The van der Waals surface area contributed by atoms with Crippen LogP contribution in [0.1, 0.15) is 32.1 Å². The first-order chi connectivity index (χ1) is 14.7. The first-order valence-electron chi connectivity index (χ1n) is 10.2. The zero-order valence-corrected chi connectivity index (χ0v) is 18.4. The van der Waals surface area contributed by atoms with Crippen LogP contribution in [0.25, 0.3) is 21.6 Å². The second-order valence-electron chi connectivity index (χ2n) is 7.68. The fraction of sp³-hybridized carbons (Fsp3) is 0.318. The molecular weight excluding hydrogens is 414 g/mol. The molecule has 2 N–H and O–H groups in total. The van der Waals surface area contributed by atoms with Gasteiger partial charge in [-0.15, -0.1) is 22.7 Å². The molecule has 154 valence electrons. The summed E-state index contributed by atoms with van der Waals surface area (Å²) in [6.45, 7) is 0. The number of benzene rings is 1. The van der Waals surface area contributed by atoms with Gasteiger partial charge in [0.2, 0.25) is 0 Å². The minimum atomic E-state index is -0.198. The van der Waals surface area contributed by atoms with Crippen LogP contribution in [0.5, 0.6) is 0 Å². The van der Waals surface area contributed by atoms with Crippen LogP contribution in [0.4, 0.5) is 16.5 Å². The number of hydrogen-bond acceptors (Lipinski definition) is 7. The maximum Gasteiger partial charge on any atom is 0.266 e. The largest absolute Gasteiger partial charge is 0.370 e. The summed E-state index contributed by atoms with van der Waals surface area (Å²) >= 11 is 3.27. The van der Waals surface area contributed by atoms with E-state index in [1.54, 1.807) is 22.7 Å². The summed E-state index contributed by atoms with van der Waals surface area (Å²) in [4.78, 5) is 27.3. The molecule has 0 bridgehead atoms. The number of nitrogens with zero attached hydrogens (tertiary/aromatic N) is 3. The zero-order valence-electron chi connectivity index (χ0n) is 16.7. The van der Waals surface area contributed by atoms with Gasteiger partial charge in [0.15, 0.2) is 5.13 Å². The average Bonchev–Trinajstić information content (AvgIpc) is 3.45. The van der Waals surface area contributed by atoms with Crippen LogP contribution in [0, 0.1) is 0 Å². The highest BCUT2D eigenvalue weighted by atomic mass is 32.1. The van der Waals surface area contributed by atoms with Crippen molar-refractivity contribution in [1.82, 2.24) is 15.0 Å². The number of aromatic amines is 1. The van der Waals surface area contributed by atoms with Crippen molar-refractivity contribution in [1.29, 1.82) is 0 Å². The van der Waals surface area contributed by atoms with Crippen molar-refractivity contribution in [3.05, 3.63) is 51.6 Å². The minimum Gasteiger partial charge on any atom is -0.370 e. The summed E-state index contributed by atoms with van der Waals surface area (Å²) in [5, 5.41) is 8.48. The van der Waals surface area contributed by atoms with Crippen molar-refractivity contribution in [2.24, 2.45) is 0 Å². The first-order valence-corrected chi connectivity index (χ1v) is 12.0. The molecule has 8 heteroatoms. The van der Waals surface area contributed by atoms with Gasteiger partial charge in [-0.1, -0.05) is 25.3 Å². The fourth-order valence-electron chi connectivity index (χ4n) is 4.12. The molecule has 0 atom stereocenters. The molecule has 1 aliphatic carbocycles. The molecular formula is C22H23N5OS2. The Morgan fingerprint density at radius 2 is 2.07 bits per heavy atom. The van der Waals surface area contributed by atoms with E-state index in [2.05, 4.69) is 50.1 Å². The second kappa shape index (κ2) is 8.20. The van der Waals surface area contributed by atoms with Gasteiger partial charge in [0.05, 0.1) is 39.2 Å². The normalized spacial score (nSPS) is 14.8. The Morgan fingerprint density at radius 1 is 1.20 bits per heavy atom. The van der Waals surface area contributed by atoms with Crippen molar-refractivity contribution < 1.29 is 0 Å². The molecule has 3 heterocycles. The van der Waals surface area contributed by atoms with Crippen molar-refractivity contribution in [2.45, 2.75) is 38.1 Å². The lowest BCUT2D eigenvalue weighted by atomic mass is 9.94. The van der Waals surface area contributed by atoms with Gasteiger partial charge < -0.3 is 15.2 Å². The van der Waals surface area contributed by atoms with E-state index in [0.29, 0.717) is 6.04 Å². The molecule has 0 unspecified atom stereocenters. The van der Waals surface area contributed by atoms with Gasteiger partial charge in [0, 0.05) is 18.5 Å². The summed E-state index contributed by atoms with van der Waals surface area (Å²) < 4.78 is 0. The Balaban J connectivity index is 1.53. The SMILES string of the molecule is CN(c1cc2ncc(=O)[nH]c2cc1Nc1nc(-c2cccs2)cs1)C1CCCCC1. The number of hydrogen-bond donors (Lipinski definition) is 2. The number of thiophene rings is 1. The Bertz CT molecular complexity index is 1210. The molecule has 30 heavy (non-hydrogen) atoms. The number of H-pyrrole nitrogens is 1. The van der Waals surface area contributed by atoms with Gasteiger partial charge in [-0.05, 0) is 36.4 Å². The Kier molecular flexibility index (Phi) is 5.26. The van der Waals surface area contributed by atoms with Crippen LogP contribution in [-0.2, 0) is 0 Å². The molecule has 0 aliphatic heterocycles. The summed E-state index contributed by atoms with van der Waals surface area (Å²) in [7, 11) is 2.16. The maximum absolute atomic E-state index is 11.8. The van der Waals surface area contributed by atoms with E-state index in [4.69, 9.17) is 4.98 Å². The predicted molar refractivity (Wildman–Crippen MR) is 126 cm³/mol. The van der Waals surface area contributed by atoms with Gasteiger partial charge in [-0.3, -0.25) is 4.79 Å². The van der Waals surface area contributed by atoms with Crippen molar-refractivity contribution in [3.63, 3.8) is 0 Å². The molecule has 1 aromatic carbocycles. The van der Waals surface area contributed by atoms with E-state index in [1.807, 2.05) is 12.1 Å². The number of anilines is 3. The smallest absolute Gasteiger partial charge is 0.266 e. The second-order valence-corrected chi connectivity index (χ2v) is 9.48. The highest BCUT2D eigenvalue weighted by molar-refractivity contribution is 7.16. The summed E-state index contributed by atoms with van der Waals surface area (Å²) in [6.07, 6.45) is 7.61. The van der Waals surface area contributed by atoms with Crippen LogP contribution < -0.4 is 15.8 Å². The fourth-order valence-corrected chi connectivity index (χ4v) is 5.60. The molecule has 0 amide bonds. The van der Waals surface area contributed by atoms with Gasteiger partial charge >= 0.3 is 0 Å². The topological polar surface area (TPSA) is 73.9 Å². The Hall–Kier alpha value is -2.71. The van der Waals surface area contributed by atoms with Gasteiger partial charge in [-0.25, -0.2) is 9.97 Å². The average molecular weight is 438 g/mol. The van der Waals surface area contributed by atoms with Crippen LogP contribution in [0.15, 0.2) is 46.0 Å². The maximum atomic E-state index is 11.8. The van der Waals surface area contributed by atoms with E-state index in [0.717, 1.165) is 38.1 Å². The third-order valence-electron chi connectivity index (χ3n) is 5.71. The highest BCUT2D eigenvalue weighted by Gasteiger charge is 2.21. The molecule has 1 saturated carbocycles. The monoisotopic (exact) mass is 437 g/mol. The van der Waals surface area contributed by atoms with Crippen molar-refractivity contribution in [2.75, 3.05) is 17.3 Å². The number of rotatable bonds is 5. The number of aromatic nitrogens is 3. The number of nitrogens with one attached hydrogen (secondary N) is 2. The van der Waals surface area contributed by atoms with E-state index >= 15 is 0 Å². The first kappa shape index (κ1) is 19.3. The molecule has 3 aromatic heterocycles. The number of thiazole rings is 1. The lowest BCUT2D eigenvalue weighted by molar-refractivity contribution is 0.428. The molecule has 0 spiro atoms. The van der Waals surface area contributed by atoms with E-state index < -0.39 is 0 Å². The quantitative estimate of drug-likeness (QED) is 0.424. The van der Waals surface area contributed by atoms with Gasteiger partial charge in [0.25, 0.3) is 5.56 Å². The van der Waals surface area contributed by atoms with Crippen molar-refractivity contribution >= 4 is 50.2 Å².